The zero-order valence-electron chi connectivity index (χ0n) is 10.1. The number of hydrogen-bond donors (Lipinski definition) is 0. The Morgan fingerprint density at radius 1 is 1.39 bits per heavy atom. The second-order valence-corrected chi connectivity index (χ2v) is 4.27. The van der Waals surface area contributed by atoms with E-state index in [1.165, 1.54) is 4.68 Å². The predicted octanol–water partition coefficient (Wildman–Crippen LogP) is 0.875. The van der Waals surface area contributed by atoms with Gasteiger partial charge in [0.1, 0.15) is 0 Å². The van der Waals surface area contributed by atoms with Gasteiger partial charge in [-0.1, -0.05) is 12.2 Å². The van der Waals surface area contributed by atoms with Crippen molar-refractivity contribution in [2.24, 2.45) is 0 Å². The average molecular weight is 270 g/mol. The molecule has 0 spiro atoms. The zero-order chi connectivity index (χ0) is 12.8. The molecule has 0 atom stereocenters. The normalized spacial score (nSPS) is 16.4. The molecular weight excluding hydrogens is 254 g/mol. The van der Waals surface area contributed by atoms with Gasteiger partial charge < -0.3 is 9.64 Å². The van der Waals surface area contributed by atoms with Crippen molar-refractivity contribution in [1.29, 1.82) is 0 Å². The highest BCUT2D eigenvalue weighted by Crippen LogP contribution is 2.11. The molecule has 0 unspecified atom stereocenters. The van der Waals surface area contributed by atoms with E-state index in [0.29, 0.717) is 25.6 Å². The molecule has 2 rings (SSSR count). The summed E-state index contributed by atoms with van der Waals surface area (Å²) in [6, 6.07) is 1.62. The lowest BCUT2D eigenvalue weighted by Crippen LogP contribution is -2.37. The molecule has 1 aromatic heterocycles. The summed E-state index contributed by atoms with van der Waals surface area (Å²) in [7, 11) is 0. The van der Waals surface area contributed by atoms with Crippen molar-refractivity contribution < 1.29 is 4.74 Å². The standard InChI is InChI=1S/C12H16ClN3O2/c13-3-1-2-4-16-12(17)9-11(10-14-16)15-5-7-18-8-6-15/h1-2,9-10H,3-8H2/b2-1+. The molecule has 1 fully saturated rings. The SMILES string of the molecule is O=c1cc(N2CCOCC2)cnn1C/C=C/CCl. The van der Waals surface area contributed by atoms with E-state index < -0.39 is 0 Å². The van der Waals surface area contributed by atoms with Gasteiger partial charge >= 0.3 is 0 Å². The predicted molar refractivity (Wildman–Crippen MR) is 71.4 cm³/mol. The monoisotopic (exact) mass is 269 g/mol. The lowest BCUT2D eigenvalue weighted by atomic mass is 10.3. The van der Waals surface area contributed by atoms with Crippen LogP contribution in [0.3, 0.4) is 0 Å². The number of halogens is 1. The van der Waals surface area contributed by atoms with Crippen LogP contribution in [0.15, 0.2) is 29.2 Å². The van der Waals surface area contributed by atoms with Gasteiger partial charge in [-0.3, -0.25) is 4.79 Å². The van der Waals surface area contributed by atoms with Crippen molar-refractivity contribution in [3.63, 3.8) is 0 Å². The van der Waals surface area contributed by atoms with E-state index in [9.17, 15) is 4.79 Å². The lowest BCUT2D eigenvalue weighted by molar-refractivity contribution is 0.122. The molecule has 2 heterocycles. The van der Waals surface area contributed by atoms with Crippen LogP contribution in [0.4, 0.5) is 5.69 Å². The number of aromatic nitrogens is 2. The lowest BCUT2D eigenvalue weighted by Gasteiger charge is -2.28. The first kappa shape index (κ1) is 13.1. The van der Waals surface area contributed by atoms with Gasteiger partial charge in [-0.25, -0.2) is 4.68 Å². The number of allylic oxidation sites excluding steroid dienone is 2. The van der Waals surface area contributed by atoms with Gasteiger partial charge in [-0.05, 0) is 0 Å². The number of anilines is 1. The van der Waals surface area contributed by atoms with Gasteiger partial charge in [-0.15, -0.1) is 11.6 Å². The van der Waals surface area contributed by atoms with Crippen LogP contribution in [0.5, 0.6) is 0 Å². The second kappa shape index (κ2) is 6.56. The minimum absolute atomic E-state index is 0.0989. The number of morpholine rings is 1. The van der Waals surface area contributed by atoms with E-state index >= 15 is 0 Å². The van der Waals surface area contributed by atoms with Crippen molar-refractivity contribution >= 4 is 17.3 Å². The maximum atomic E-state index is 11.9. The maximum absolute atomic E-state index is 11.9. The maximum Gasteiger partial charge on any atom is 0.269 e. The van der Waals surface area contributed by atoms with Gasteiger partial charge in [0.05, 0.1) is 31.6 Å². The summed E-state index contributed by atoms with van der Waals surface area (Å²) in [5.41, 5.74) is 0.763. The molecule has 0 amide bonds. The summed E-state index contributed by atoms with van der Waals surface area (Å²) in [4.78, 5) is 14.0. The van der Waals surface area contributed by atoms with Crippen LogP contribution in [0, 0.1) is 0 Å². The Morgan fingerprint density at radius 2 is 2.17 bits per heavy atom. The highest BCUT2D eigenvalue weighted by molar-refractivity contribution is 6.18. The molecule has 1 aliphatic heterocycles. The fraction of sp³-hybridized carbons (Fsp3) is 0.500. The molecule has 0 bridgehead atoms. The number of ether oxygens (including phenoxy) is 1. The summed E-state index contributed by atoms with van der Waals surface area (Å²) in [5.74, 6) is 0.445. The molecule has 6 heteroatoms. The highest BCUT2D eigenvalue weighted by atomic mass is 35.5. The summed E-state index contributed by atoms with van der Waals surface area (Å²) < 4.78 is 6.68. The topological polar surface area (TPSA) is 47.4 Å². The summed E-state index contributed by atoms with van der Waals surface area (Å²) in [6.45, 7) is 3.45. The molecule has 1 aliphatic rings. The Balaban J connectivity index is 2.09. The van der Waals surface area contributed by atoms with Crippen LogP contribution >= 0.6 is 11.6 Å². The van der Waals surface area contributed by atoms with E-state index in [1.807, 2.05) is 6.08 Å². The Hall–Kier alpha value is -1.33. The third-order valence-corrected chi connectivity index (χ3v) is 2.94. The zero-order valence-corrected chi connectivity index (χ0v) is 10.8. The quantitative estimate of drug-likeness (QED) is 0.601. The first-order chi connectivity index (χ1) is 8.81. The Kier molecular flexibility index (Phi) is 4.78. The van der Waals surface area contributed by atoms with Crippen LogP contribution in [0.2, 0.25) is 0 Å². The van der Waals surface area contributed by atoms with Crippen molar-refractivity contribution in [3.8, 4) is 0 Å². The Bertz CT molecular complexity index is 467. The van der Waals surface area contributed by atoms with E-state index in [2.05, 4.69) is 10.00 Å². The van der Waals surface area contributed by atoms with Crippen LogP contribution in [-0.2, 0) is 11.3 Å². The molecular formula is C12H16ClN3O2. The van der Waals surface area contributed by atoms with E-state index in [0.717, 1.165) is 18.8 Å². The number of alkyl halides is 1. The molecule has 98 valence electrons. The van der Waals surface area contributed by atoms with Crippen molar-refractivity contribution in [2.45, 2.75) is 6.54 Å². The third kappa shape index (κ3) is 3.34. The van der Waals surface area contributed by atoms with Gasteiger partial charge in [-0.2, -0.15) is 5.10 Å². The van der Waals surface area contributed by atoms with E-state index in [4.69, 9.17) is 16.3 Å². The highest BCUT2D eigenvalue weighted by Gasteiger charge is 2.12. The van der Waals surface area contributed by atoms with Crippen molar-refractivity contribution in [1.82, 2.24) is 9.78 Å². The van der Waals surface area contributed by atoms with Gasteiger partial charge in [0, 0.05) is 25.0 Å². The third-order valence-electron chi connectivity index (χ3n) is 2.77. The fourth-order valence-corrected chi connectivity index (χ4v) is 1.92. The molecule has 0 radical (unpaired) electrons. The first-order valence-corrected chi connectivity index (χ1v) is 6.45. The first-order valence-electron chi connectivity index (χ1n) is 5.92. The Labute approximate surface area is 111 Å². The summed E-state index contributed by atoms with van der Waals surface area (Å²) >= 11 is 5.52. The van der Waals surface area contributed by atoms with Crippen LogP contribution in [0.25, 0.3) is 0 Å². The van der Waals surface area contributed by atoms with Gasteiger partial charge in [0.25, 0.3) is 5.56 Å². The van der Waals surface area contributed by atoms with E-state index in [1.54, 1.807) is 18.3 Å². The minimum atomic E-state index is -0.0989. The van der Waals surface area contributed by atoms with Crippen LogP contribution < -0.4 is 10.5 Å². The molecule has 5 nitrogen and oxygen atoms in total. The number of nitrogens with zero attached hydrogens (tertiary/aromatic N) is 3. The van der Waals surface area contributed by atoms with E-state index in [-0.39, 0.29) is 5.56 Å². The summed E-state index contributed by atoms with van der Waals surface area (Å²) in [5, 5.41) is 4.15. The molecule has 1 aromatic rings. The second-order valence-electron chi connectivity index (χ2n) is 3.96. The van der Waals surface area contributed by atoms with Gasteiger partial charge in [0.2, 0.25) is 0 Å². The largest absolute Gasteiger partial charge is 0.378 e. The molecule has 18 heavy (non-hydrogen) atoms. The van der Waals surface area contributed by atoms with Gasteiger partial charge in [0.15, 0.2) is 0 Å². The van der Waals surface area contributed by atoms with Crippen LogP contribution in [0.1, 0.15) is 0 Å². The van der Waals surface area contributed by atoms with Crippen LogP contribution in [-0.4, -0.2) is 42.0 Å². The smallest absolute Gasteiger partial charge is 0.269 e. The molecule has 0 saturated carbocycles. The molecule has 0 aromatic carbocycles. The fourth-order valence-electron chi connectivity index (χ4n) is 1.79. The number of rotatable bonds is 4. The average Bonchev–Trinajstić information content (AvgIpc) is 2.42. The number of hydrogen-bond acceptors (Lipinski definition) is 4. The van der Waals surface area contributed by atoms with Crippen molar-refractivity contribution in [3.05, 3.63) is 34.8 Å². The molecule has 0 aliphatic carbocycles. The van der Waals surface area contributed by atoms with Crippen molar-refractivity contribution in [2.75, 3.05) is 37.1 Å². The molecule has 1 saturated heterocycles. The summed E-state index contributed by atoms with van der Waals surface area (Å²) in [6.07, 6.45) is 5.35. The minimum Gasteiger partial charge on any atom is -0.378 e. The molecule has 0 N–H and O–H groups in total. The Morgan fingerprint density at radius 3 is 2.83 bits per heavy atom.